The zero-order chi connectivity index (χ0) is 12.6. The van der Waals surface area contributed by atoms with E-state index in [4.69, 9.17) is 11.6 Å². The predicted octanol–water partition coefficient (Wildman–Crippen LogP) is 2.04. The zero-order valence-corrected chi connectivity index (χ0v) is 10.2. The van der Waals surface area contributed by atoms with Gasteiger partial charge in [-0.25, -0.2) is 4.79 Å². The van der Waals surface area contributed by atoms with Gasteiger partial charge in [0.05, 0.1) is 12.8 Å². The van der Waals surface area contributed by atoms with Gasteiger partial charge in [-0.05, 0) is 24.3 Å². The number of aliphatic hydroxyl groups is 1. The second-order valence-electron chi connectivity index (χ2n) is 3.76. The summed E-state index contributed by atoms with van der Waals surface area (Å²) in [5.41, 5.74) is 1.38. The van der Waals surface area contributed by atoms with Crippen LogP contribution in [0.4, 0.5) is 0 Å². The molecule has 1 aromatic heterocycles. The first-order chi connectivity index (χ1) is 8.04. The lowest BCUT2D eigenvalue weighted by Crippen LogP contribution is -2.16. The molecule has 1 aromatic carbocycles. The molecule has 0 aliphatic carbocycles. The Morgan fingerprint density at radius 3 is 2.82 bits per heavy atom. The standard InChI is InChI=1S/C12H12ClNO3/c1-14-9-4-3-8(13)5-7(9)6-10(14)11(15)12(16)17-2/h3-6,11,15H,1-2H3. The Kier molecular flexibility index (Phi) is 3.09. The van der Waals surface area contributed by atoms with Crippen molar-refractivity contribution in [2.75, 3.05) is 7.11 Å². The van der Waals surface area contributed by atoms with Gasteiger partial charge in [0.15, 0.2) is 6.10 Å². The third kappa shape index (κ3) is 2.01. The van der Waals surface area contributed by atoms with Gasteiger partial charge in [-0.1, -0.05) is 11.6 Å². The summed E-state index contributed by atoms with van der Waals surface area (Å²) < 4.78 is 6.26. The highest BCUT2D eigenvalue weighted by Crippen LogP contribution is 2.26. The van der Waals surface area contributed by atoms with Crippen LogP contribution in [0.15, 0.2) is 24.3 Å². The molecular weight excluding hydrogens is 242 g/mol. The fourth-order valence-corrected chi connectivity index (χ4v) is 2.02. The average molecular weight is 254 g/mol. The van der Waals surface area contributed by atoms with Gasteiger partial charge in [-0.3, -0.25) is 0 Å². The molecule has 0 bridgehead atoms. The maximum Gasteiger partial charge on any atom is 0.340 e. The van der Waals surface area contributed by atoms with Crippen LogP contribution >= 0.6 is 11.6 Å². The maximum absolute atomic E-state index is 11.3. The third-order valence-electron chi connectivity index (χ3n) is 2.75. The number of nitrogens with zero attached hydrogens (tertiary/aromatic N) is 1. The second kappa shape index (κ2) is 4.39. The molecule has 0 fully saturated rings. The van der Waals surface area contributed by atoms with Crippen molar-refractivity contribution in [2.24, 2.45) is 7.05 Å². The summed E-state index contributed by atoms with van der Waals surface area (Å²) in [6.45, 7) is 0. The minimum absolute atomic E-state index is 0.481. The summed E-state index contributed by atoms with van der Waals surface area (Å²) in [5, 5.41) is 11.3. The molecule has 0 saturated heterocycles. The topological polar surface area (TPSA) is 51.5 Å². The average Bonchev–Trinajstić information content (AvgIpc) is 2.64. The van der Waals surface area contributed by atoms with Crippen molar-refractivity contribution < 1.29 is 14.6 Å². The monoisotopic (exact) mass is 253 g/mol. The number of aliphatic hydroxyl groups excluding tert-OH is 1. The first-order valence-corrected chi connectivity index (χ1v) is 5.43. The first-order valence-electron chi connectivity index (χ1n) is 5.05. The van der Waals surface area contributed by atoms with E-state index >= 15 is 0 Å². The van der Waals surface area contributed by atoms with Crippen LogP contribution in [0.3, 0.4) is 0 Å². The SMILES string of the molecule is COC(=O)C(O)c1cc2cc(Cl)ccc2n1C. The summed E-state index contributed by atoms with van der Waals surface area (Å²) >= 11 is 5.89. The van der Waals surface area contributed by atoms with Crippen molar-refractivity contribution in [3.63, 3.8) is 0 Å². The number of carbonyl (C=O) groups is 1. The Morgan fingerprint density at radius 1 is 1.47 bits per heavy atom. The van der Waals surface area contributed by atoms with E-state index in [-0.39, 0.29) is 0 Å². The largest absolute Gasteiger partial charge is 0.467 e. The number of methoxy groups -OCH3 is 1. The van der Waals surface area contributed by atoms with E-state index < -0.39 is 12.1 Å². The lowest BCUT2D eigenvalue weighted by atomic mass is 10.2. The van der Waals surface area contributed by atoms with E-state index in [1.165, 1.54) is 7.11 Å². The second-order valence-corrected chi connectivity index (χ2v) is 4.19. The maximum atomic E-state index is 11.3. The minimum atomic E-state index is -1.28. The van der Waals surface area contributed by atoms with E-state index in [1.54, 1.807) is 29.8 Å². The van der Waals surface area contributed by atoms with E-state index in [2.05, 4.69) is 4.74 Å². The molecule has 2 rings (SSSR count). The highest BCUT2D eigenvalue weighted by molar-refractivity contribution is 6.31. The van der Waals surface area contributed by atoms with Gasteiger partial charge in [-0.15, -0.1) is 0 Å². The summed E-state index contributed by atoms with van der Waals surface area (Å²) in [6.07, 6.45) is -1.28. The van der Waals surface area contributed by atoms with Crippen molar-refractivity contribution in [3.05, 3.63) is 35.0 Å². The molecule has 1 unspecified atom stereocenters. The van der Waals surface area contributed by atoms with E-state index in [0.717, 1.165) is 10.9 Å². The van der Waals surface area contributed by atoms with Crippen LogP contribution in [0, 0.1) is 0 Å². The number of esters is 1. The number of aryl methyl sites for hydroxylation is 1. The number of aromatic nitrogens is 1. The summed E-state index contributed by atoms with van der Waals surface area (Å²) in [6, 6.07) is 7.11. The van der Waals surface area contributed by atoms with E-state index in [9.17, 15) is 9.90 Å². The van der Waals surface area contributed by atoms with Crippen LogP contribution in [0.5, 0.6) is 0 Å². The number of ether oxygens (including phenoxy) is 1. The first kappa shape index (κ1) is 12.0. The molecule has 4 nitrogen and oxygen atoms in total. The molecule has 0 saturated carbocycles. The molecule has 17 heavy (non-hydrogen) atoms. The Balaban J connectivity index is 2.55. The van der Waals surface area contributed by atoms with Gasteiger partial charge in [0.1, 0.15) is 0 Å². The van der Waals surface area contributed by atoms with Gasteiger partial charge in [-0.2, -0.15) is 0 Å². The Labute approximate surface area is 103 Å². The number of halogens is 1. The van der Waals surface area contributed by atoms with Gasteiger partial charge in [0.25, 0.3) is 0 Å². The molecule has 0 aliphatic heterocycles. The number of benzene rings is 1. The van der Waals surface area contributed by atoms with Crippen molar-refractivity contribution >= 4 is 28.5 Å². The lowest BCUT2D eigenvalue weighted by Gasteiger charge is -2.09. The van der Waals surface area contributed by atoms with E-state index in [1.807, 2.05) is 6.07 Å². The summed E-state index contributed by atoms with van der Waals surface area (Å²) in [7, 11) is 3.02. The van der Waals surface area contributed by atoms with Crippen molar-refractivity contribution in [2.45, 2.75) is 6.10 Å². The third-order valence-corrected chi connectivity index (χ3v) is 2.98. The predicted molar refractivity (Wildman–Crippen MR) is 64.9 cm³/mol. The zero-order valence-electron chi connectivity index (χ0n) is 9.48. The number of rotatable bonds is 2. The smallest absolute Gasteiger partial charge is 0.340 e. The van der Waals surface area contributed by atoms with Crippen LogP contribution in [0.2, 0.25) is 5.02 Å². The molecule has 0 amide bonds. The summed E-state index contributed by atoms with van der Waals surface area (Å²) in [5.74, 6) is -0.679. The lowest BCUT2D eigenvalue weighted by molar-refractivity contribution is -0.151. The van der Waals surface area contributed by atoms with Crippen LogP contribution < -0.4 is 0 Å². The van der Waals surface area contributed by atoms with Gasteiger partial charge < -0.3 is 14.4 Å². The number of hydrogen-bond acceptors (Lipinski definition) is 3. The van der Waals surface area contributed by atoms with Crippen molar-refractivity contribution in [1.29, 1.82) is 0 Å². The molecule has 0 aliphatic rings. The summed E-state index contributed by atoms with van der Waals surface area (Å²) in [4.78, 5) is 11.3. The Morgan fingerprint density at radius 2 is 2.18 bits per heavy atom. The molecule has 1 heterocycles. The molecule has 2 aromatic rings. The Hall–Kier alpha value is -1.52. The van der Waals surface area contributed by atoms with Crippen LogP contribution in [0.25, 0.3) is 10.9 Å². The molecule has 0 radical (unpaired) electrons. The highest BCUT2D eigenvalue weighted by atomic mass is 35.5. The highest BCUT2D eigenvalue weighted by Gasteiger charge is 2.22. The van der Waals surface area contributed by atoms with Crippen LogP contribution in [0.1, 0.15) is 11.8 Å². The molecular formula is C12H12ClNO3. The fourth-order valence-electron chi connectivity index (χ4n) is 1.84. The molecule has 1 atom stereocenters. The number of hydrogen-bond donors (Lipinski definition) is 1. The van der Waals surface area contributed by atoms with Crippen molar-refractivity contribution in [1.82, 2.24) is 4.57 Å². The molecule has 90 valence electrons. The number of fused-ring (bicyclic) bond motifs is 1. The Bertz CT molecular complexity index is 576. The van der Waals surface area contributed by atoms with E-state index in [0.29, 0.717) is 10.7 Å². The molecule has 5 heteroatoms. The number of carbonyl (C=O) groups excluding carboxylic acids is 1. The van der Waals surface area contributed by atoms with Crippen molar-refractivity contribution in [3.8, 4) is 0 Å². The quantitative estimate of drug-likeness (QED) is 0.834. The fraction of sp³-hybridized carbons (Fsp3) is 0.250. The minimum Gasteiger partial charge on any atom is -0.467 e. The molecule has 1 N–H and O–H groups in total. The van der Waals surface area contributed by atoms with Crippen LogP contribution in [-0.2, 0) is 16.6 Å². The van der Waals surface area contributed by atoms with Crippen LogP contribution in [-0.4, -0.2) is 22.8 Å². The molecule has 0 spiro atoms. The normalized spacial score (nSPS) is 12.7. The van der Waals surface area contributed by atoms with Gasteiger partial charge in [0, 0.05) is 23.0 Å². The van der Waals surface area contributed by atoms with Gasteiger partial charge >= 0.3 is 5.97 Å². The van der Waals surface area contributed by atoms with Gasteiger partial charge in [0.2, 0.25) is 0 Å².